The van der Waals surface area contributed by atoms with Crippen molar-refractivity contribution < 1.29 is 19.1 Å². The molecule has 2 aliphatic carbocycles. The highest BCUT2D eigenvalue weighted by Gasteiger charge is 2.40. The van der Waals surface area contributed by atoms with Crippen molar-refractivity contribution in [3.05, 3.63) is 0 Å². The SMILES string of the molecule is C.CCOC(=O)C1(CC)CCC(C)CC1.CCOC(=O)C1CCC(C)CC1. The molecule has 0 heterocycles. The molecule has 0 aliphatic heterocycles. The molecule has 4 nitrogen and oxygen atoms in total. The van der Waals surface area contributed by atoms with Gasteiger partial charge in [0.2, 0.25) is 0 Å². The number of carbonyl (C=O) groups is 2. The Kier molecular flexibility index (Phi) is 12.7. The molecule has 4 heteroatoms. The quantitative estimate of drug-likeness (QED) is 0.532. The summed E-state index contributed by atoms with van der Waals surface area (Å²) in [5, 5.41) is 0. The fourth-order valence-corrected chi connectivity index (χ4v) is 4.06. The van der Waals surface area contributed by atoms with Gasteiger partial charge in [0, 0.05) is 0 Å². The fraction of sp³-hybridized carbons (Fsp3) is 0.913. The highest BCUT2D eigenvalue weighted by molar-refractivity contribution is 5.76. The number of hydrogen-bond donors (Lipinski definition) is 0. The van der Waals surface area contributed by atoms with Gasteiger partial charge in [-0.25, -0.2) is 0 Å². The molecule has 0 radical (unpaired) electrons. The zero-order chi connectivity index (χ0) is 19.6. The number of carbonyl (C=O) groups excluding carboxylic acids is 2. The second kappa shape index (κ2) is 13.2. The zero-order valence-corrected chi connectivity index (χ0v) is 17.6. The summed E-state index contributed by atoms with van der Waals surface area (Å²) >= 11 is 0. The van der Waals surface area contributed by atoms with Crippen LogP contribution in [0.15, 0.2) is 0 Å². The van der Waals surface area contributed by atoms with Crippen LogP contribution in [-0.2, 0) is 19.1 Å². The maximum Gasteiger partial charge on any atom is 0.312 e. The fourth-order valence-electron chi connectivity index (χ4n) is 4.06. The van der Waals surface area contributed by atoms with Gasteiger partial charge in [0.15, 0.2) is 0 Å². The van der Waals surface area contributed by atoms with E-state index in [0.717, 1.165) is 43.9 Å². The predicted molar refractivity (Wildman–Crippen MR) is 111 cm³/mol. The van der Waals surface area contributed by atoms with Gasteiger partial charge in [0.1, 0.15) is 0 Å². The standard InChI is InChI=1S/C12H22O2.C10H18O2.CH4/c1-4-12(11(13)14-5-2)8-6-10(3)7-9-12;1-3-12-10(11)9-6-4-8(2)5-7-9;/h10H,4-9H2,1-3H3;8-9H,3-7H2,1-2H3;1H4. The number of rotatable bonds is 5. The van der Waals surface area contributed by atoms with Crippen LogP contribution >= 0.6 is 0 Å². The van der Waals surface area contributed by atoms with E-state index < -0.39 is 0 Å². The summed E-state index contributed by atoms with van der Waals surface area (Å²) in [4.78, 5) is 23.1. The van der Waals surface area contributed by atoms with E-state index in [1.807, 2.05) is 13.8 Å². The summed E-state index contributed by atoms with van der Waals surface area (Å²) in [5.74, 6) is 1.83. The molecule has 0 bridgehead atoms. The lowest BCUT2D eigenvalue weighted by Crippen LogP contribution is -2.36. The van der Waals surface area contributed by atoms with Gasteiger partial charge in [-0.3, -0.25) is 9.59 Å². The van der Waals surface area contributed by atoms with Crippen molar-refractivity contribution >= 4 is 11.9 Å². The van der Waals surface area contributed by atoms with E-state index in [4.69, 9.17) is 9.47 Å². The van der Waals surface area contributed by atoms with Gasteiger partial charge in [-0.1, -0.05) is 28.2 Å². The molecule has 2 fully saturated rings. The minimum atomic E-state index is -0.150. The minimum Gasteiger partial charge on any atom is -0.466 e. The van der Waals surface area contributed by atoms with Crippen molar-refractivity contribution in [3.63, 3.8) is 0 Å². The summed E-state index contributed by atoms with van der Waals surface area (Å²) in [5.41, 5.74) is -0.150. The van der Waals surface area contributed by atoms with E-state index in [0.29, 0.717) is 13.2 Å². The first-order chi connectivity index (χ1) is 12.4. The lowest BCUT2D eigenvalue weighted by atomic mass is 9.69. The minimum absolute atomic E-state index is 0. The average molecular weight is 385 g/mol. The number of esters is 2. The van der Waals surface area contributed by atoms with Crippen molar-refractivity contribution in [2.24, 2.45) is 23.2 Å². The predicted octanol–water partition coefficient (Wildman–Crippen LogP) is 6.17. The van der Waals surface area contributed by atoms with Gasteiger partial charge >= 0.3 is 11.9 Å². The van der Waals surface area contributed by atoms with Crippen molar-refractivity contribution in [1.82, 2.24) is 0 Å². The largest absolute Gasteiger partial charge is 0.466 e. The van der Waals surface area contributed by atoms with Crippen LogP contribution in [0.1, 0.15) is 99.8 Å². The third-order valence-corrected chi connectivity index (χ3v) is 6.25. The van der Waals surface area contributed by atoms with Gasteiger partial charge < -0.3 is 9.47 Å². The molecule has 0 aromatic carbocycles. The van der Waals surface area contributed by atoms with Gasteiger partial charge in [0.05, 0.1) is 24.5 Å². The van der Waals surface area contributed by atoms with E-state index in [1.165, 1.54) is 25.7 Å². The van der Waals surface area contributed by atoms with E-state index in [9.17, 15) is 9.59 Å². The molecule has 0 aromatic heterocycles. The summed E-state index contributed by atoms with van der Waals surface area (Å²) < 4.78 is 10.1. The first kappa shape index (κ1) is 25.9. The molecule has 0 atom stereocenters. The molecule has 0 saturated heterocycles. The molecule has 0 unspecified atom stereocenters. The first-order valence-electron chi connectivity index (χ1n) is 10.7. The summed E-state index contributed by atoms with van der Waals surface area (Å²) in [6.45, 7) is 11.4. The van der Waals surface area contributed by atoms with Crippen LogP contribution in [0.5, 0.6) is 0 Å². The zero-order valence-electron chi connectivity index (χ0n) is 17.6. The van der Waals surface area contributed by atoms with Crippen LogP contribution in [0.25, 0.3) is 0 Å². The van der Waals surface area contributed by atoms with Gasteiger partial charge in [0.25, 0.3) is 0 Å². The van der Waals surface area contributed by atoms with Crippen LogP contribution in [0.3, 0.4) is 0 Å². The molecule has 27 heavy (non-hydrogen) atoms. The van der Waals surface area contributed by atoms with Crippen LogP contribution in [-0.4, -0.2) is 25.2 Å². The third kappa shape index (κ3) is 8.23. The first-order valence-corrected chi connectivity index (χ1v) is 10.7. The van der Waals surface area contributed by atoms with E-state index >= 15 is 0 Å². The number of hydrogen-bond acceptors (Lipinski definition) is 4. The molecule has 2 rings (SSSR count). The molecule has 2 saturated carbocycles. The molecule has 0 spiro atoms. The van der Waals surface area contributed by atoms with Crippen LogP contribution in [0, 0.1) is 23.2 Å². The number of ether oxygens (including phenoxy) is 2. The lowest BCUT2D eigenvalue weighted by Gasteiger charge is -2.36. The Hall–Kier alpha value is -1.06. The van der Waals surface area contributed by atoms with Gasteiger partial charge in [-0.2, -0.15) is 0 Å². The lowest BCUT2D eigenvalue weighted by molar-refractivity contribution is -0.158. The average Bonchev–Trinajstić information content (AvgIpc) is 2.64. The molecule has 0 aromatic rings. The Balaban J connectivity index is 0.000000488. The Morgan fingerprint density at radius 3 is 1.74 bits per heavy atom. The molecule has 160 valence electrons. The summed E-state index contributed by atoms with van der Waals surface area (Å²) in [6.07, 6.45) is 9.73. The Morgan fingerprint density at radius 2 is 1.30 bits per heavy atom. The monoisotopic (exact) mass is 384 g/mol. The van der Waals surface area contributed by atoms with E-state index in [-0.39, 0.29) is 30.7 Å². The Morgan fingerprint density at radius 1 is 0.815 bits per heavy atom. The third-order valence-electron chi connectivity index (χ3n) is 6.25. The van der Waals surface area contributed by atoms with Crippen LogP contribution < -0.4 is 0 Å². The van der Waals surface area contributed by atoms with E-state index in [2.05, 4.69) is 20.8 Å². The summed E-state index contributed by atoms with van der Waals surface area (Å²) in [7, 11) is 0. The second-order valence-corrected chi connectivity index (χ2v) is 8.25. The molecule has 0 N–H and O–H groups in total. The topological polar surface area (TPSA) is 52.6 Å². The van der Waals surface area contributed by atoms with Crippen molar-refractivity contribution in [1.29, 1.82) is 0 Å². The molecular weight excluding hydrogens is 340 g/mol. The van der Waals surface area contributed by atoms with Crippen molar-refractivity contribution in [2.45, 2.75) is 99.8 Å². The van der Waals surface area contributed by atoms with Crippen molar-refractivity contribution in [3.8, 4) is 0 Å². The maximum atomic E-state index is 11.8. The van der Waals surface area contributed by atoms with E-state index in [1.54, 1.807) is 0 Å². The Labute approximate surface area is 167 Å². The normalized spacial score (nSPS) is 30.2. The highest BCUT2D eigenvalue weighted by atomic mass is 16.5. The molecule has 2 aliphatic rings. The van der Waals surface area contributed by atoms with Crippen LogP contribution in [0.4, 0.5) is 0 Å². The smallest absolute Gasteiger partial charge is 0.312 e. The highest BCUT2D eigenvalue weighted by Crippen LogP contribution is 2.42. The van der Waals surface area contributed by atoms with Gasteiger partial charge in [-0.15, -0.1) is 0 Å². The molecule has 0 amide bonds. The maximum absolute atomic E-state index is 11.8. The summed E-state index contributed by atoms with van der Waals surface area (Å²) in [6, 6.07) is 0. The van der Waals surface area contributed by atoms with Gasteiger partial charge in [-0.05, 0) is 83.5 Å². The Bertz CT molecular complexity index is 416. The van der Waals surface area contributed by atoms with Crippen LogP contribution in [0.2, 0.25) is 0 Å². The molecular formula is C23H44O4. The van der Waals surface area contributed by atoms with Crippen molar-refractivity contribution in [2.75, 3.05) is 13.2 Å². The second-order valence-electron chi connectivity index (χ2n) is 8.25.